The average Bonchev–Trinajstić information content (AvgIpc) is 2.89. The number of carbonyl (C=O) groups is 1. The van der Waals surface area contributed by atoms with Crippen LogP contribution in [0.2, 0.25) is 0 Å². The number of ketones is 1. The molecule has 0 radical (unpaired) electrons. The van der Waals surface area contributed by atoms with E-state index >= 15 is 0 Å². The Morgan fingerprint density at radius 1 is 0.545 bits per heavy atom. The van der Waals surface area contributed by atoms with Crippen LogP contribution in [0, 0.1) is 0 Å². The van der Waals surface area contributed by atoms with Crippen molar-refractivity contribution in [2.24, 2.45) is 0 Å². The van der Waals surface area contributed by atoms with Crippen LogP contribution in [0.3, 0.4) is 0 Å². The Kier molecular flexibility index (Phi) is 5.84. The van der Waals surface area contributed by atoms with Crippen LogP contribution in [0.4, 0.5) is 0 Å². The summed E-state index contributed by atoms with van der Waals surface area (Å²) >= 11 is 0. The minimum absolute atomic E-state index is 0.0135. The summed E-state index contributed by atoms with van der Waals surface area (Å²) in [7, 11) is 1.61. The normalized spacial score (nSPS) is 15.2. The number of benzene rings is 4. The lowest BCUT2D eigenvalue weighted by Crippen LogP contribution is -2.41. The molecule has 4 aromatic carbocycles. The summed E-state index contributed by atoms with van der Waals surface area (Å²) in [5.74, 6) is 0.0135. The number of rotatable bonds is 5. The molecule has 2 nitrogen and oxygen atoms in total. The molecule has 0 N–H and O–H groups in total. The number of hydrogen-bond acceptors (Lipinski definition) is 2. The van der Waals surface area contributed by atoms with E-state index in [2.05, 4.69) is 48.5 Å². The van der Waals surface area contributed by atoms with Gasteiger partial charge in [-0.25, -0.2) is 0 Å². The van der Waals surface area contributed by atoms with Gasteiger partial charge in [0, 0.05) is 23.8 Å². The second-order valence-electron chi connectivity index (χ2n) is 7.98. The summed E-state index contributed by atoms with van der Waals surface area (Å²) in [5.41, 5.74) is 7.78. The predicted molar refractivity (Wildman–Crippen MR) is 134 cm³/mol. The molecule has 0 spiro atoms. The van der Waals surface area contributed by atoms with E-state index < -0.39 is 6.10 Å². The summed E-state index contributed by atoms with van der Waals surface area (Å²) in [6.45, 7) is 0. The van der Waals surface area contributed by atoms with Crippen molar-refractivity contribution in [1.82, 2.24) is 0 Å². The zero-order chi connectivity index (χ0) is 22.6. The minimum Gasteiger partial charge on any atom is -0.368 e. The van der Waals surface area contributed by atoms with Crippen LogP contribution < -0.4 is 0 Å². The van der Waals surface area contributed by atoms with Gasteiger partial charge >= 0.3 is 0 Å². The van der Waals surface area contributed by atoms with E-state index in [4.69, 9.17) is 4.74 Å². The second kappa shape index (κ2) is 9.23. The zero-order valence-electron chi connectivity index (χ0n) is 18.4. The third kappa shape index (κ3) is 3.86. The molecular weight excluding hydrogens is 404 g/mol. The second-order valence-corrected chi connectivity index (χ2v) is 7.98. The summed E-state index contributed by atoms with van der Waals surface area (Å²) in [4.78, 5) is 13.5. The Balaban J connectivity index is 1.88. The lowest BCUT2D eigenvalue weighted by atomic mass is 9.70. The van der Waals surface area contributed by atoms with Gasteiger partial charge in [-0.2, -0.15) is 0 Å². The fraction of sp³-hybridized carbons (Fsp3) is 0.0645. The van der Waals surface area contributed by atoms with E-state index in [0.717, 1.165) is 44.5 Å². The number of methoxy groups -OCH3 is 1. The van der Waals surface area contributed by atoms with Crippen molar-refractivity contribution in [2.75, 3.05) is 7.11 Å². The lowest BCUT2D eigenvalue weighted by Gasteiger charge is -2.35. The molecule has 0 aromatic heterocycles. The van der Waals surface area contributed by atoms with Crippen molar-refractivity contribution >= 4 is 16.9 Å². The van der Waals surface area contributed by atoms with Crippen LogP contribution in [0.15, 0.2) is 132 Å². The highest BCUT2D eigenvalue weighted by molar-refractivity contribution is 6.24. The molecule has 2 heteroatoms. The number of Topliss-reactive ketones (excluding diaryl/α,β-unsaturated/α-hetero) is 1. The van der Waals surface area contributed by atoms with Crippen LogP contribution in [0.1, 0.15) is 22.3 Å². The summed E-state index contributed by atoms with van der Waals surface area (Å²) in [5, 5.41) is 0. The Morgan fingerprint density at radius 3 is 1.21 bits per heavy atom. The Bertz CT molecular complexity index is 1240. The molecular formula is C31H24O2. The largest absolute Gasteiger partial charge is 0.368 e. The maximum absolute atomic E-state index is 13.5. The molecule has 0 saturated heterocycles. The summed E-state index contributed by atoms with van der Waals surface area (Å²) in [6, 6.07) is 40.7. The molecule has 4 aromatic rings. The maximum Gasteiger partial charge on any atom is 0.197 e. The molecule has 1 saturated carbocycles. The topological polar surface area (TPSA) is 26.3 Å². The Labute approximate surface area is 194 Å². The highest BCUT2D eigenvalue weighted by atomic mass is 16.5. The molecule has 5 rings (SSSR count). The summed E-state index contributed by atoms with van der Waals surface area (Å²) < 4.78 is 5.75. The minimum atomic E-state index is -0.599. The van der Waals surface area contributed by atoms with Gasteiger partial charge in [0.1, 0.15) is 6.10 Å². The molecule has 160 valence electrons. The van der Waals surface area contributed by atoms with Crippen LogP contribution in [0.5, 0.6) is 0 Å². The predicted octanol–water partition coefficient (Wildman–Crippen LogP) is 6.59. The van der Waals surface area contributed by atoms with Gasteiger partial charge in [0.15, 0.2) is 5.78 Å². The van der Waals surface area contributed by atoms with Crippen molar-refractivity contribution in [3.63, 3.8) is 0 Å². The highest BCUT2D eigenvalue weighted by Gasteiger charge is 2.45. The first-order chi connectivity index (χ1) is 16.3. The fourth-order valence-corrected chi connectivity index (χ4v) is 4.54. The van der Waals surface area contributed by atoms with Gasteiger partial charge in [0.2, 0.25) is 0 Å². The molecule has 1 aliphatic rings. The van der Waals surface area contributed by atoms with Crippen molar-refractivity contribution in [2.45, 2.75) is 6.10 Å². The molecule has 1 aliphatic carbocycles. The molecule has 1 fully saturated rings. The van der Waals surface area contributed by atoms with Gasteiger partial charge in [0.05, 0.1) is 0 Å². The van der Waals surface area contributed by atoms with Gasteiger partial charge in [-0.3, -0.25) is 4.79 Å². The third-order valence-corrected chi connectivity index (χ3v) is 6.02. The lowest BCUT2D eigenvalue weighted by molar-refractivity contribution is -0.126. The van der Waals surface area contributed by atoms with Gasteiger partial charge in [0.25, 0.3) is 0 Å². The molecule has 0 aliphatic heterocycles. The first kappa shape index (κ1) is 20.9. The first-order valence-electron chi connectivity index (χ1n) is 11.1. The standard InChI is InChI=1S/C31H24O2/c1-33-31-29(27(24-18-10-4-11-19-24)25-20-12-5-13-21-25)28(30(31)32)26(22-14-6-2-7-15-22)23-16-8-3-9-17-23/h2-21,31H,1H3. The van der Waals surface area contributed by atoms with E-state index in [1.54, 1.807) is 7.11 Å². The van der Waals surface area contributed by atoms with Gasteiger partial charge < -0.3 is 4.74 Å². The summed E-state index contributed by atoms with van der Waals surface area (Å²) in [6.07, 6.45) is -0.599. The molecule has 0 bridgehead atoms. The third-order valence-electron chi connectivity index (χ3n) is 6.02. The van der Waals surface area contributed by atoms with Crippen LogP contribution in [0.25, 0.3) is 11.1 Å². The molecule has 0 amide bonds. The number of ether oxygens (including phenoxy) is 1. The molecule has 33 heavy (non-hydrogen) atoms. The Morgan fingerprint density at radius 2 is 0.879 bits per heavy atom. The SMILES string of the molecule is COC1C(=O)C(=C(c2ccccc2)c2ccccc2)C1=C(c1ccccc1)c1ccccc1. The van der Waals surface area contributed by atoms with E-state index in [1.165, 1.54) is 0 Å². The maximum atomic E-state index is 13.5. The average molecular weight is 429 g/mol. The van der Waals surface area contributed by atoms with Gasteiger partial charge in [-0.1, -0.05) is 121 Å². The van der Waals surface area contributed by atoms with Crippen molar-refractivity contribution in [3.05, 3.63) is 155 Å². The van der Waals surface area contributed by atoms with Crippen LogP contribution in [-0.2, 0) is 9.53 Å². The van der Waals surface area contributed by atoms with Gasteiger partial charge in [-0.15, -0.1) is 0 Å². The smallest absolute Gasteiger partial charge is 0.197 e. The van der Waals surface area contributed by atoms with Gasteiger partial charge in [-0.05, 0) is 27.8 Å². The van der Waals surface area contributed by atoms with E-state index in [-0.39, 0.29) is 5.78 Å². The highest BCUT2D eigenvalue weighted by Crippen LogP contribution is 2.46. The van der Waals surface area contributed by atoms with E-state index in [1.807, 2.05) is 72.8 Å². The van der Waals surface area contributed by atoms with E-state index in [9.17, 15) is 4.79 Å². The monoisotopic (exact) mass is 428 g/mol. The molecule has 0 heterocycles. The fourth-order valence-electron chi connectivity index (χ4n) is 4.54. The van der Waals surface area contributed by atoms with Crippen molar-refractivity contribution in [1.29, 1.82) is 0 Å². The van der Waals surface area contributed by atoms with Crippen LogP contribution >= 0.6 is 0 Å². The number of carbonyl (C=O) groups excluding carboxylic acids is 1. The quantitative estimate of drug-likeness (QED) is 0.335. The first-order valence-corrected chi connectivity index (χ1v) is 11.1. The van der Waals surface area contributed by atoms with Crippen LogP contribution in [-0.4, -0.2) is 19.0 Å². The molecule has 1 atom stereocenters. The Hall–Kier alpha value is -4.01. The molecule has 1 unspecified atom stereocenters. The van der Waals surface area contributed by atoms with Crippen molar-refractivity contribution < 1.29 is 9.53 Å². The number of hydrogen-bond donors (Lipinski definition) is 0. The van der Waals surface area contributed by atoms with E-state index in [0.29, 0.717) is 0 Å². The zero-order valence-corrected chi connectivity index (χ0v) is 18.4. The van der Waals surface area contributed by atoms with Crippen molar-refractivity contribution in [3.8, 4) is 0 Å².